The Labute approximate surface area is 141 Å². The highest BCUT2D eigenvalue weighted by Crippen LogP contribution is 2.26. The average molecular weight is 349 g/mol. The van der Waals surface area contributed by atoms with Gasteiger partial charge in [-0.15, -0.1) is 0 Å². The maximum Gasteiger partial charge on any atom is 0.281 e. The standard InChI is InChI=1S/C17H11ClF2N2O2/c1-9-13(19)6-11(7-14(9)20)21-15-8-16(23)22(17(15)24)12-4-2-10(18)3-5-12/h2-8,21H,1H3. The summed E-state index contributed by atoms with van der Waals surface area (Å²) >= 11 is 5.78. The number of halogens is 3. The maximum atomic E-state index is 13.6. The molecule has 0 bridgehead atoms. The molecule has 122 valence electrons. The molecule has 0 aliphatic carbocycles. The van der Waals surface area contributed by atoms with Gasteiger partial charge in [-0.25, -0.2) is 13.7 Å². The Morgan fingerprint density at radius 3 is 2.21 bits per heavy atom. The third kappa shape index (κ3) is 2.88. The van der Waals surface area contributed by atoms with E-state index in [-0.39, 0.29) is 16.9 Å². The first-order chi connectivity index (χ1) is 11.4. The predicted molar refractivity (Wildman–Crippen MR) is 86.7 cm³/mol. The van der Waals surface area contributed by atoms with Crippen molar-refractivity contribution in [1.29, 1.82) is 0 Å². The minimum Gasteiger partial charge on any atom is -0.351 e. The topological polar surface area (TPSA) is 49.4 Å². The zero-order valence-corrected chi connectivity index (χ0v) is 13.2. The Morgan fingerprint density at radius 2 is 1.62 bits per heavy atom. The largest absolute Gasteiger partial charge is 0.351 e. The zero-order chi connectivity index (χ0) is 17.4. The molecular formula is C17H11ClF2N2O2. The minimum atomic E-state index is -0.746. The lowest BCUT2D eigenvalue weighted by Crippen LogP contribution is -2.31. The van der Waals surface area contributed by atoms with Gasteiger partial charge in [-0.05, 0) is 43.3 Å². The molecule has 7 heteroatoms. The number of nitrogens with one attached hydrogen (secondary N) is 1. The summed E-state index contributed by atoms with van der Waals surface area (Å²) in [5.74, 6) is -2.67. The molecule has 24 heavy (non-hydrogen) atoms. The summed E-state index contributed by atoms with van der Waals surface area (Å²) in [4.78, 5) is 25.4. The molecular weight excluding hydrogens is 338 g/mol. The Morgan fingerprint density at radius 1 is 1.04 bits per heavy atom. The minimum absolute atomic E-state index is 0.0426. The first kappa shape index (κ1) is 16.1. The van der Waals surface area contributed by atoms with Crippen LogP contribution in [0.3, 0.4) is 0 Å². The fourth-order valence-electron chi connectivity index (χ4n) is 2.27. The van der Waals surface area contributed by atoms with E-state index >= 15 is 0 Å². The summed E-state index contributed by atoms with van der Waals surface area (Å²) in [6.07, 6.45) is 1.08. The van der Waals surface area contributed by atoms with Gasteiger partial charge in [0.1, 0.15) is 17.3 Å². The Balaban J connectivity index is 1.86. The van der Waals surface area contributed by atoms with Gasteiger partial charge in [0, 0.05) is 22.3 Å². The van der Waals surface area contributed by atoms with Gasteiger partial charge in [-0.1, -0.05) is 11.6 Å². The summed E-state index contributed by atoms with van der Waals surface area (Å²) < 4.78 is 27.2. The van der Waals surface area contributed by atoms with Crippen LogP contribution < -0.4 is 10.2 Å². The second-order valence-corrected chi connectivity index (χ2v) is 5.64. The average Bonchev–Trinajstić information content (AvgIpc) is 2.80. The highest BCUT2D eigenvalue weighted by atomic mass is 35.5. The molecule has 2 aromatic carbocycles. The van der Waals surface area contributed by atoms with Crippen molar-refractivity contribution in [2.45, 2.75) is 6.92 Å². The van der Waals surface area contributed by atoms with Crippen LogP contribution in [-0.2, 0) is 9.59 Å². The number of anilines is 2. The number of carbonyl (C=O) groups excluding carboxylic acids is 2. The lowest BCUT2D eigenvalue weighted by molar-refractivity contribution is -0.120. The fourth-order valence-corrected chi connectivity index (χ4v) is 2.39. The van der Waals surface area contributed by atoms with Crippen LogP contribution in [0.2, 0.25) is 5.02 Å². The molecule has 0 saturated carbocycles. The molecule has 3 rings (SSSR count). The predicted octanol–water partition coefficient (Wildman–Crippen LogP) is 3.80. The van der Waals surface area contributed by atoms with E-state index in [9.17, 15) is 18.4 Å². The smallest absolute Gasteiger partial charge is 0.281 e. The Kier molecular flexibility index (Phi) is 4.07. The van der Waals surface area contributed by atoms with Gasteiger partial charge in [0.15, 0.2) is 0 Å². The van der Waals surface area contributed by atoms with Crippen LogP contribution >= 0.6 is 11.6 Å². The van der Waals surface area contributed by atoms with E-state index in [1.165, 1.54) is 19.1 Å². The first-order valence-corrected chi connectivity index (χ1v) is 7.33. The summed E-state index contributed by atoms with van der Waals surface area (Å²) in [6.45, 7) is 1.31. The molecule has 1 aliphatic rings. The molecule has 0 saturated heterocycles. The number of rotatable bonds is 3. The van der Waals surface area contributed by atoms with E-state index in [1.54, 1.807) is 12.1 Å². The molecule has 0 fully saturated rings. The normalized spacial score (nSPS) is 14.2. The van der Waals surface area contributed by atoms with Crippen LogP contribution in [0.5, 0.6) is 0 Å². The molecule has 0 radical (unpaired) electrons. The molecule has 1 aliphatic heterocycles. The van der Waals surface area contributed by atoms with Crippen LogP contribution in [0.4, 0.5) is 20.2 Å². The van der Waals surface area contributed by atoms with E-state index < -0.39 is 23.4 Å². The highest BCUT2D eigenvalue weighted by molar-refractivity contribution is 6.32. The van der Waals surface area contributed by atoms with Crippen molar-refractivity contribution in [1.82, 2.24) is 0 Å². The summed E-state index contributed by atoms with van der Waals surface area (Å²) in [5, 5.41) is 3.05. The second kappa shape index (κ2) is 6.05. The van der Waals surface area contributed by atoms with E-state index in [0.29, 0.717) is 10.7 Å². The van der Waals surface area contributed by atoms with Crippen LogP contribution in [0.25, 0.3) is 0 Å². The van der Waals surface area contributed by atoms with E-state index in [0.717, 1.165) is 23.1 Å². The Hall–Kier alpha value is -2.73. The molecule has 0 atom stereocenters. The van der Waals surface area contributed by atoms with Gasteiger partial charge >= 0.3 is 0 Å². The monoisotopic (exact) mass is 348 g/mol. The molecule has 2 aromatic rings. The van der Waals surface area contributed by atoms with Crippen molar-refractivity contribution >= 4 is 34.8 Å². The maximum absolute atomic E-state index is 13.6. The Bertz CT molecular complexity index is 856. The van der Waals surface area contributed by atoms with Gasteiger partial charge in [-0.2, -0.15) is 0 Å². The number of amides is 2. The number of benzene rings is 2. The molecule has 1 N–H and O–H groups in total. The van der Waals surface area contributed by atoms with Gasteiger partial charge in [0.25, 0.3) is 11.8 Å². The van der Waals surface area contributed by atoms with Gasteiger partial charge in [0.05, 0.1) is 5.69 Å². The molecule has 2 amide bonds. The third-order valence-corrected chi connectivity index (χ3v) is 3.82. The van der Waals surface area contributed by atoms with Crippen molar-refractivity contribution in [3.8, 4) is 0 Å². The van der Waals surface area contributed by atoms with Crippen molar-refractivity contribution in [2.75, 3.05) is 10.2 Å². The van der Waals surface area contributed by atoms with E-state index in [1.807, 2.05) is 0 Å². The zero-order valence-electron chi connectivity index (χ0n) is 12.4. The van der Waals surface area contributed by atoms with Crippen LogP contribution in [0.15, 0.2) is 48.2 Å². The number of nitrogens with zero attached hydrogens (tertiary/aromatic N) is 1. The quantitative estimate of drug-likeness (QED) is 0.858. The van der Waals surface area contributed by atoms with Crippen molar-refractivity contribution < 1.29 is 18.4 Å². The van der Waals surface area contributed by atoms with E-state index in [4.69, 9.17) is 11.6 Å². The molecule has 0 spiro atoms. The third-order valence-electron chi connectivity index (χ3n) is 3.57. The molecule has 1 heterocycles. The van der Waals surface area contributed by atoms with Crippen LogP contribution in [0.1, 0.15) is 5.56 Å². The van der Waals surface area contributed by atoms with E-state index in [2.05, 4.69) is 5.32 Å². The van der Waals surface area contributed by atoms with Crippen LogP contribution in [0, 0.1) is 18.6 Å². The fraction of sp³-hybridized carbons (Fsp3) is 0.0588. The number of hydrogen-bond acceptors (Lipinski definition) is 3. The highest BCUT2D eigenvalue weighted by Gasteiger charge is 2.32. The number of imide groups is 1. The number of carbonyl (C=O) groups is 2. The first-order valence-electron chi connectivity index (χ1n) is 6.95. The second-order valence-electron chi connectivity index (χ2n) is 5.20. The summed E-state index contributed by atoms with van der Waals surface area (Å²) in [7, 11) is 0. The SMILES string of the molecule is Cc1c(F)cc(NC2=CC(=O)N(c3ccc(Cl)cc3)C2=O)cc1F. The summed E-state index contributed by atoms with van der Waals surface area (Å²) in [5.41, 5.74) is 0.202. The number of hydrogen-bond donors (Lipinski definition) is 1. The van der Waals surface area contributed by atoms with Gasteiger partial charge in [-0.3, -0.25) is 9.59 Å². The van der Waals surface area contributed by atoms with Crippen molar-refractivity contribution in [3.05, 3.63) is 70.4 Å². The summed E-state index contributed by atoms with van der Waals surface area (Å²) in [6, 6.07) is 8.27. The molecule has 4 nitrogen and oxygen atoms in total. The van der Waals surface area contributed by atoms with Gasteiger partial charge in [0.2, 0.25) is 0 Å². The molecule has 0 unspecified atom stereocenters. The van der Waals surface area contributed by atoms with Crippen LogP contribution in [-0.4, -0.2) is 11.8 Å². The van der Waals surface area contributed by atoms with Crippen molar-refractivity contribution in [3.63, 3.8) is 0 Å². The van der Waals surface area contributed by atoms with Crippen molar-refractivity contribution in [2.24, 2.45) is 0 Å². The van der Waals surface area contributed by atoms with Gasteiger partial charge < -0.3 is 5.32 Å². The lowest BCUT2D eigenvalue weighted by atomic mass is 10.2. The molecule has 0 aromatic heterocycles. The lowest BCUT2D eigenvalue weighted by Gasteiger charge is -2.15.